The average Bonchev–Trinajstić information content (AvgIpc) is 2.61. The summed E-state index contributed by atoms with van der Waals surface area (Å²) in [5.41, 5.74) is 4.88. The third-order valence-corrected chi connectivity index (χ3v) is 4.81. The van der Waals surface area contributed by atoms with Crippen LogP contribution in [0.2, 0.25) is 0 Å². The molecule has 1 aliphatic rings. The molecule has 2 N–H and O–H groups in total. The molecule has 25 heavy (non-hydrogen) atoms. The fourth-order valence-electron chi connectivity index (χ4n) is 3.37. The maximum atomic E-state index is 13.1. The van der Waals surface area contributed by atoms with Crippen LogP contribution in [-0.2, 0) is 19.3 Å². The Hall–Kier alpha value is -2.36. The normalized spacial score (nSPS) is 14.5. The van der Waals surface area contributed by atoms with Gasteiger partial charge in [-0.3, -0.25) is 0 Å². The molecule has 132 valence electrons. The highest BCUT2D eigenvalue weighted by Crippen LogP contribution is 2.24. The average molecular weight is 340 g/mol. The Bertz CT molecular complexity index is 744. The van der Waals surface area contributed by atoms with E-state index in [1.807, 2.05) is 13.0 Å². The van der Waals surface area contributed by atoms with Gasteiger partial charge in [-0.2, -0.15) is 0 Å². The van der Waals surface area contributed by atoms with Crippen LogP contribution in [0.5, 0.6) is 0 Å². The lowest BCUT2D eigenvalue weighted by atomic mass is 9.89. The van der Waals surface area contributed by atoms with Gasteiger partial charge in [0.1, 0.15) is 5.82 Å². The van der Waals surface area contributed by atoms with Gasteiger partial charge in [-0.1, -0.05) is 30.3 Å². The van der Waals surface area contributed by atoms with Gasteiger partial charge in [0.15, 0.2) is 0 Å². The quantitative estimate of drug-likeness (QED) is 0.837. The molecular weight excluding hydrogens is 315 g/mol. The lowest BCUT2D eigenvalue weighted by molar-refractivity contribution is 0.238. The molecule has 2 amide bonds. The number of urea groups is 1. The highest BCUT2D eigenvalue weighted by molar-refractivity contribution is 5.74. The number of carbonyl (C=O) groups excluding carboxylic acids is 1. The lowest BCUT2D eigenvalue weighted by Crippen LogP contribution is -2.38. The van der Waals surface area contributed by atoms with Gasteiger partial charge < -0.3 is 10.6 Å². The van der Waals surface area contributed by atoms with Gasteiger partial charge >= 0.3 is 6.03 Å². The first-order valence-electron chi connectivity index (χ1n) is 9.02. The third kappa shape index (κ3) is 4.81. The van der Waals surface area contributed by atoms with Crippen LogP contribution in [0, 0.1) is 5.82 Å². The van der Waals surface area contributed by atoms with Crippen LogP contribution in [0.15, 0.2) is 42.5 Å². The van der Waals surface area contributed by atoms with Crippen molar-refractivity contribution < 1.29 is 9.18 Å². The van der Waals surface area contributed by atoms with Crippen LogP contribution in [0.4, 0.5) is 9.18 Å². The molecule has 1 aliphatic carbocycles. The number of aryl methyl sites for hydroxylation is 2. The van der Waals surface area contributed by atoms with E-state index in [2.05, 4.69) is 28.8 Å². The standard InChI is InChI=1S/C21H25FN2O/c1-15(18-10-9-17-6-2-3-7-19(17)14-18)24-21(25)23-12-11-16-5-4-8-20(22)13-16/h4-5,8-10,13-15H,2-3,6-7,11-12H2,1H3,(H2,23,24,25). The van der Waals surface area contributed by atoms with Gasteiger partial charge in [-0.15, -0.1) is 0 Å². The first-order chi connectivity index (χ1) is 12.1. The SMILES string of the molecule is CC(NC(=O)NCCc1cccc(F)c1)c1ccc2c(c1)CCCC2. The molecule has 0 aliphatic heterocycles. The highest BCUT2D eigenvalue weighted by atomic mass is 19.1. The number of hydrogen-bond donors (Lipinski definition) is 2. The van der Waals surface area contributed by atoms with Gasteiger partial charge in [0.05, 0.1) is 6.04 Å². The maximum absolute atomic E-state index is 13.1. The van der Waals surface area contributed by atoms with E-state index in [0.717, 1.165) is 24.0 Å². The number of amides is 2. The van der Waals surface area contributed by atoms with Gasteiger partial charge in [0.25, 0.3) is 0 Å². The molecule has 0 aromatic heterocycles. The summed E-state index contributed by atoms with van der Waals surface area (Å²) < 4.78 is 13.1. The van der Waals surface area contributed by atoms with Crippen molar-refractivity contribution >= 4 is 6.03 Å². The van der Waals surface area contributed by atoms with E-state index in [0.29, 0.717) is 13.0 Å². The van der Waals surface area contributed by atoms with Crippen molar-refractivity contribution in [3.8, 4) is 0 Å². The van der Waals surface area contributed by atoms with Gasteiger partial charge in [-0.25, -0.2) is 9.18 Å². The fourth-order valence-corrected chi connectivity index (χ4v) is 3.37. The number of nitrogens with one attached hydrogen (secondary N) is 2. The lowest BCUT2D eigenvalue weighted by Gasteiger charge is -2.20. The summed E-state index contributed by atoms with van der Waals surface area (Å²) >= 11 is 0. The first-order valence-corrected chi connectivity index (χ1v) is 9.02. The molecule has 0 bridgehead atoms. The van der Waals surface area contributed by atoms with E-state index in [9.17, 15) is 9.18 Å². The Morgan fingerprint density at radius 3 is 2.72 bits per heavy atom. The topological polar surface area (TPSA) is 41.1 Å². The molecule has 4 heteroatoms. The summed E-state index contributed by atoms with van der Waals surface area (Å²) in [5, 5.41) is 5.82. The Morgan fingerprint density at radius 1 is 1.12 bits per heavy atom. The van der Waals surface area contributed by atoms with Crippen LogP contribution >= 0.6 is 0 Å². The van der Waals surface area contributed by atoms with Crippen molar-refractivity contribution in [2.45, 2.75) is 45.1 Å². The molecule has 1 atom stereocenters. The molecular formula is C21H25FN2O. The summed E-state index contributed by atoms with van der Waals surface area (Å²) in [4.78, 5) is 12.1. The van der Waals surface area contributed by atoms with Crippen molar-refractivity contribution in [2.24, 2.45) is 0 Å². The zero-order valence-corrected chi connectivity index (χ0v) is 14.6. The molecule has 0 saturated carbocycles. The van der Waals surface area contributed by atoms with Crippen LogP contribution in [0.3, 0.4) is 0 Å². The van der Waals surface area contributed by atoms with Crippen LogP contribution in [0.25, 0.3) is 0 Å². The number of carbonyl (C=O) groups is 1. The number of benzene rings is 2. The Morgan fingerprint density at radius 2 is 1.92 bits per heavy atom. The van der Waals surface area contributed by atoms with Gasteiger partial charge in [-0.05, 0) is 73.4 Å². The second kappa shape index (κ2) is 8.15. The monoisotopic (exact) mass is 340 g/mol. The molecule has 2 aromatic carbocycles. The van der Waals surface area contributed by atoms with Crippen LogP contribution in [-0.4, -0.2) is 12.6 Å². The minimum Gasteiger partial charge on any atom is -0.338 e. The predicted octanol–water partition coefficient (Wildman–Crippen LogP) is 4.31. The molecule has 0 spiro atoms. The van der Waals surface area contributed by atoms with E-state index in [-0.39, 0.29) is 17.9 Å². The number of halogens is 1. The van der Waals surface area contributed by atoms with Crippen molar-refractivity contribution in [1.29, 1.82) is 0 Å². The summed E-state index contributed by atoms with van der Waals surface area (Å²) in [6, 6.07) is 12.8. The van der Waals surface area contributed by atoms with Crippen LogP contribution in [0.1, 0.15) is 48.1 Å². The van der Waals surface area contributed by atoms with Crippen molar-refractivity contribution in [3.05, 3.63) is 70.5 Å². The van der Waals surface area contributed by atoms with E-state index in [1.54, 1.807) is 6.07 Å². The number of fused-ring (bicyclic) bond motifs is 1. The minimum atomic E-state index is -0.247. The molecule has 2 aromatic rings. The van der Waals surface area contributed by atoms with E-state index in [1.165, 1.54) is 36.1 Å². The van der Waals surface area contributed by atoms with Gasteiger partial charge in [0.2, 0.25) is 0 Å². The van der Waals surface area contributed by atoms with Crippen LogP contribution < -0.4 is 10.6 Å². The molecule has 3 rings (SSSR count). The number of rotatable bonds is 5. The smallest absolute Gasteiger partial charge is 0.315 e. The molecule has 1 unspecified atom stereocenters. The summed E-state index contributed by atoms with van der Waals surface area (Å²) in [7, 11) is 0. The van der Waals surface area contributed by atoms with E-state index < -0.39 is 0 Å². The minimum absolute atomic E-state index is 0.0404. The molecule has 0 fully saturated rings. The number of hydrogen-bond acceptors (Lipinski definition) is 1. The van der Waals surface area contributed by atoms with E-state index >= 15 is 0 Å². The maximum Gasteiger partial charge on any atom is 0.315 e. The fraction of sp³-hybridized carbons (Fsp3) is 0.381. The second-order valence-corrected chi connectivity index (χ2v) is 6.74. The van der Waals surface area contributed by atoms with Crippen molar-refractivity contribution in [3.63, 3.8) is 0 Å². The zero-order valence-electron chi connectivity index (χ0n) is 14.6. The highest BCUT2D eigenvalue weighted by Gasteiger charge is 2.13. The molecule has 0 radical (unpaired) electrons. The summed E-state index contributed by atoms with van der Waals surface area (Å²) in [6.45, 7) is 2.48. The van der Waals surface area contributed by atoms with Gasteiger partial charge in [0, 0.05) is 6.54 Å². The summed E-state index contributed by atoms with van der Waals surface area (Å²) in [6.07, 6.45) is 5.43. The summed E-state index contributed by atoms with van der Waals surface area (Å²) in [5.74, 6) is -0.247. The van der Waals surface area contributed by atoms with Crippen molar-refractivity contribution in [1.82, 2.24) is 10.6 Å². The molecule has 0 saturated heterocycles. The molecule has 0 heterocycles. The predicted molar refractivity (Wildman–Crippen MR) is 98.1 cm³/mol. The second-order valence-electron chi connectivity index (χ2n) is 6.74. The largest absolute Gasteiger partial charge is 0.338 e. The van der Waals surface area contributed by atoms with Crippen molar-refractivity contribution in [2.75, 3.05) is 6.54 Å². The zero-order chi connectivity index (χ0) is 17.6. The van der Waals surface area contributed by atoms with E-state index in [4.69, 9.17) is 0 Å². The Kier molecular flexibility index (Phi) is 5.69. The third-order valence-electron chi connectivity index (χ3n) is 4.81. The Labute approximate surface area is 148 Å². The Balaban J connectivity index is 1.49. The first kappa shape index (κ1) is 17.5. The molecule has 3 nitrogen and oxygen atoms in total.